The zero-order valence-electron chi connectivity index (χ0n) is 25.1. The van der Waals surface area contributed by atoms with E-state index in [9.17, 15) is 36.3 Å². The van der Waals surface area contributed by atoms with E-state index in [0.717, 1.165) is 32.1 Å². The molecule has 12 N–H and O–H groups in total. The van der Waals surface area contributed by atoms with E-state index in [0.29, 0.717) is 54.0 Å². The molecule has 0 unspecified atom stereocenters. The minimum Gasteiger partial charge on any atom is -0.490 e. The number of guanidine groups is 2. The lowest BCUT2D eigenvalue weighted by molar-refractivity contribution is -0.193. The molecule has 0 saturated carbocycles. The molecule has 15 nitrogen and oxygen atoms in total. The van der Waals surface area contributed by atoms with E-state index < -0.39 is 30.2 Å². The molecule has 0 aromatic heterocycles. The van der Waals surface area contributed by atoms with E-state index in [1.807, 2.05) is 0 Å². The molecule has 0 saturated heterocycles. The fraction of sp³-hybridized carbons (Fsp3) is 0.520. The second-order valence-corrected chi connectivity index (χ2v) is 9.87. The molecule has 1 aromatic carbocycles. The van der Waals surface area contributed by atoms with Crippen molar-refractivity contribution >= 4 is 58.7 Å². The van der Waals surface area contributed by atoms with Gasteiger partial charge in [-0.05, 0) is 43.4 Å². The number of nitrogens with zero attached hydrogens (tertiary/aromatic N) is 3. The number of carboxylic acids is 2. The smallest absolute Gasteiger partial charge is 0.490 e. The Morgan fingerprint density at radius 1 is 0.771 bits per heavy atom. The first kappa shape index (κ1) is 45.7. The lowest BCUT2D eigenvalue weighted by Gasteiger charge is -2.12. The van der Waals surface area contributed by atoms with E-state index in [4.69, 9.17) is 70.7 Å². The lowest BCUT2D eigenvalue weighted by Crippen LogP contribution is -2.33. The monoisotopic (exact) mass is 744 g/mol. The Kier molecular flexibility index (Phi) is 22.7. The van der Waals surface area contributed by atoms with E-state index in [-0.39, 0.29) is 24.1 Å². The Labute approximate surface area is 280 Å². The second kappa shape index (κ2) is 23.8. The third kappa shape index (κ3) is 23.9. The number of ether oxygens (including phenoxy) is 1. The summed E-state index contributed by atoms with van der Waals surface area (Å²) in [5, 5.41) is 30.0. The fourth-order valence-electron chi connectivity index (χ4n) is 2.91. The summed E-state index contributed by atoms with van der Waals surface area (Å²) in [4.78, 5) is 37.9. The zero-order chi connectivity index (χ0) is 37.5. The van der Waals surface area contributed by atoms with Crippen molar-refractivity contribution in [3.05, 3.63) is 27.7 Å². The number of amides is 1. The van der Waals surface area contributed by atoms with E-state index >= 15 is 0 Å². The van der Waals surface area contributed by atoms with Crippen LogP contribution in [0.25, 0.3) is 0 Å². The summed E-state index contributed by atoms with van der Waals surface area (Å²) in [6.07, 6.45) is -5.16. The maximum absolute atomic E-state index is 12.3. The highest BCUT2D eigenvalue weighted by molar-refractivity contribution is 6.40. The van der Waals surface area contributed by atoms with Gasteiger partial charge in [-0.2, -0.15) is 26.3 Å². The number of nitrogens with two attached hydrogens (primary N) is 4. The maximum atomic E-state index is 12.3. The van der Waals surface area contributed by atoms with Crippen LogP contribution in [0, 0.1) is 0 Å². The Hall–Kier alpha value is -4.40. The number of carbonyl (C=O) groups is 3. The molecule has 0 aliphatic carbocycles. The molecule has 0 atom stereocenters. The average Bonchev–Trinajstić information content (AvgIpc) is 2.95. The van der Waals surface area contributed by atoms with Crippen LogP contribution in [0.3, 0.4) is 0 Å². The van der Waals surface area contributed by atoms with Gasteiger partial charge in [-0.25, -0.2) is 9.59 Å². The number of unbranched alkanes of at least 4 members (excludes halogenated alkanes) is 4. The summed E-state index contributed by atoms with van der Waals surface area (Å²) in [5.74, 6) is -5.49. The summed E-state index contributed by atoms with van der Waals surface area (Å²) >= 11 is 12.6. The lowest BCUT2D eigenvalue weighted by atomic mass is 10.1. The van der Waals surface area contributed by atoms with Crippen molar-refractivity contribution in [1.29, 1.82) is 0 Å². The van der Waals surface area contributed by atoms with Crippen molar-refractivity contribution in [2.45, 2.75) is 57.3 Å². The van der Waals surface area contributed by atoms with Crippen LogP contribution in [0.15, 0.2) is 27.3 Å². The molecule has 274 valence electrons. The molecule has 0 aliphatic rings. The van der Waals surface area contributed by atoms with Crippen molar-refractivity contribution in [2.75, 3.05) is 26.2 Å². The predicted octanol–water partition coefficient (Wildman–Crippen LogP) is 3.02. The molecule has 23 heteroatoms. The van der Waals surface area contributed by atoms with Crippen molar-refractivity contribution in [3.63, 3.8) is 0 Å². The number of oxime groups is 1. The number of hydrogen-bond acceptors (Lipinski definition) is 8. The fourth-order valence-corrected chi connectivity index (χ4v) is 3.55. The van der Waals surface area contributed by atoms with Gasteiger partial charge in [0.05, 0.1) is 16.7 Å². The van der Waals surface area contributed by atoms with Gasteiger partial charge in [-0.3, -0.25) is 14.8 Å². The first-order valence-electron chi connectivity index (χ1n) is 13.4. The van der Waals surface area contributed by atoms with E-state index in [2.05, 4.69) is 20.5 Å². The van der Waals surface area contributed by atoms with Crippen LogP contribution >= 0.6 is 23.2 Å². The summed E-state index contributed by atoms with van der Waals surface area (Å²) in [6, 6.07) is 3.24. The van der Waals surface area contributed by atoms with Crippen molar-refractivity contribution < 1.29 is 60.9 Å². The third-order valence-electron chi connectivity index (χ3n) is 5.06. The second-order valence-electron chi connectivity index (χ2n) is 9.06. The summed E-state index contributed by atoms with van der Waals surface area (Å²) in [7, 11) is 0. The number of rotatable bonds is 16. The van der Waals surface area contributed by atoms with Gasteiger partial charge in [0.15, 0.2) is 17.7 Å². The molecule has 0 spiro atoms. The Bertz CT molecular complexity index is 1210. The highest BCUT2D eigenvalue weighted by atomic mass is 35.5. The molecule has 0 bridgehead atoms. The maximum Gasteiger partial charge on any atom is 0.490 e. The number of halogens is 8. The van der Waals surface area contributed by atoms with Crippen LogP contribution in [0.5, 0.6) is 5.75 Å². The van der Waals surface area contributed by atoms with Gasteiger partial charge in [0, 0.05) is 26.1 Å². The predicted molar refractivity (Wildman–Crippen MR) is 164 cm³/mol. The number of carbonyl (C=O) groups excluding carboxylic acids is 1. The molecular formula is C25H36Cl2F6N8O7. The molecule has 0 heterocycles. The molecule has 0 radical (unpaired) electrons. The van der Waals surface area contributed by atoms with Gasteiger partial charge in [0.1, 0.15) is 5.71 Å². The highest BCUT2D eigenvalue weighted by Crippen LogP contribution is 2.34. The van der Waals surface area contributed by atoms with Gasteiger partial charge in [0.25, 0.3) is 5.91 Å². The number of hydrogen-bond donors (Lipinski definition) is 8. The molecule has 0 aliphatic heterocycles. The Morgan fingerprint density at radius 3 is 1.58 bits per heavy atom. The number of carboxylic acid groups (broad SMARTS) is 2. The SMILES string of the molecule is NC(N)=NCCCCCCNC(=O)/C(Cc1cc(Cl)c(OCCCCN=C(N)N)c(Cl)c1)=N/O.O=C(O)C(F)(F)F.O=C(O)C(F)(F)F. The average molecular weight is 746 g/mol. The summed E-state index contributed by atoms with van der Waals surface area (Å²) in [6.45, 7) is 1.94. The van der Waals surface area contributed by atoms with Crippen molar-refractivity contribution in [2.24, 2.45) is 38.1 Å². The number of benzene rings is 1. The van der Waals surface area contributed by atoms with Crippen molar-refractivity contribution in [1.82, 2.24) is 5.32 Å². The molecular weight excluding hydrogens is 709 g/mol. The van der Waals surface area contributed by atoms with Crippen molar-refractivity contribution in [3.8, 4) is 5.75 Å². The quantitative estimate of drug-likeness (QED) is 0.0304. The van der Waals surface area contributed by atoms with Crippen LogP contribution in [-0.2, 0) is 20.8 Å². The van der Waals surface area contributed by atoms with E-state index in [1.54, 1.807) is 12.1 Å². The van der Waals surface area contributed by atoms with Crippen LogP contribution in [0.4, 0.5) is 26.3 Å². The Balaban J connectivity index is 0. The minimum atomic E-state index is -5.08. The summed E-state index contributed by atoms with van der Waals surface area (Å²) < 4.78 is 69.1. The third-order valence-corrected chi connectivity index (χ3v) is 5.62. The topological polar surface area (TPSA) is 274 Å². The first-order chi connectivity index (χ1) is 22.1. The Morgan fingerprint density at radius 2 is 1.19 bits per heavy atom. The van der Waals surface area contributed by atoms with Crippen LogP contribution < -0.4 is 33.0 Å². The number of aliphatic imine (C=N–C) groups is 2. The molecule has 1 aromatic rings. The molecule has 1 rings (SSSR count). The van der Waals surface area contributed by atoms with E-state index in [1.165, 1.54) is 0 Å². The number of alkyl halides is 6. The largest absolute Gasteiger partial charge is 0.490 e. The van der Waals surface area contributed by atoms with Gasteiger partial charge < -0.3 is 48.4 Å². The van der Waals surface area contributed by atoms with Gasteiger partial charge in [-0.15, -0.1) is 0 Å². The normalized spacial score (nSPS) is 11.1. The standard InChI is InChI=1S/C21H34Cl2N8O3.2C2HF3O2/c22-15-11-14(12-16(23)18(15)34-10-6-5-9-30-21(26)27)13-17(31-33)19(32)28-7-3-1-2-4-8-29-20(24)25;2*3-2(4,5)1(6)7/h11-12,33H,1-10,13H2,(H,28,32)(H4,24,25,29)(H4,26,27,30);2*(H,6,7)/b31-17+;;. The van der Waals surface area contributed by atoms with Gasteiger partial charge in [0.2, 0.25) is 0 Å². The molecule has 48 heavy (non-hydrogen) atoms. The number of aliphatic carboxylic acids is 2. The minimum absolute atomic E-state index is 0.0479. The van der Waals surface area contributed by atoms with Gasteiger partial charge >= 0.3 is 24.3 Å². The van der Waals surface area contributed by atoms with Crippen LogP contribution in [0.1, 0.15) is 44.1 Å². The first-order valence-corrected chi connectivity index (χ1v) is 14.2. The zero-order valence-corrected chi connectivity index (χ0v) is 26.6. The highest BCUT2D eigenvalue weighted by Gasteiger charge is 2.38. The molecule has 0 fully saturated rings. The number of nitrogens with one attached hydrogen (secondary N) is 1. The molecule has 1 amide bonds. The van der Waals surface area contributed by atoms with Gasteiger partial charge in [-0.1, -0.05) is 41.2 Å². The van der Waals surface area contributed by atoms with Crippen LogP contribution in [0.2, 0.25) is 10.0 Å². The van der Waals surface area contributed by atoms with Crippen LogP contribution in [-0.4, -0.2) is 89.5 Å². The summed E-state index contributed by atoms with van der Waals surface area (Å²) in [5.41, 5.74) is 21.6.